The Kier molecular flexibility index (Phi) is 30.3. The molecule has 3 unspecified atom stereocenters. The van der Waals surface area contributed by atoms with Crippen LogP contribution in [0.1, 0.15) is 133 Å². The lowest BCUT2D eigenvalue weighted by molar-refractivity contribution is -0.152. The topological polar surface area (TPSA) is 222 Å². The molecule has 5 atom stereocenters. The van der Waals surface area contributed by atoms with Crippen molar-refractivity contribution in [2.24, 2.45) is 5.73 Å². The predicted octanol–water partition coefficient (Wildman–Crippen LogP) is 11.8. The molecule has 0 bridgehead atoms. The molecule has 0 saturated carbocycles. The maximum atomic E-state index is 14.5. The number of aliphatic hydroxyl groups excluding tert-OH is 1. The van der Waals surface area contributed by atoms with Crippen LogP contribution in [0, 0.1) is 23.3 Å². The van der Waals surface area contributed by atoms with Crippen LogP contribution in [0.2, 0.25) is 0 Å². The number of amides is 4. The molecule has 0 saturated heterocycles. The molecule has 8 rings (SSSR count). The molecular formula is C78H87F4N7O9. The van der Waals surface area contributed by atoms with Gasteiger partial charge < -0.3 is 51.4 Å². The first-order valence-corrected chi connectivity index (χ1v) is 33.1. The number of hydrogen-bond acceptors (Lipinski definition) is 12. The minimum atomic E-state index is -1.15. The number of rotatable bonds is 34. The quantitative estimate of drug-likeness (QED) is 0.0126. The Hall–Kier alpha value is -9.86. The maximum Gasteiger partial charge on any atom is 0.343 e. The second-order valence-corrected chi connectivity index (χ2v) is 23.9. The summed E-state index contributed by atoms with van der Waals surface area (Å²) in [6, 6.07) is 50.2. The van der Waals surface area contributed by atoms with E-state index in [0.29, 0.717) is 72.8 Å². The molecule has 7 N–H and O–H groups in total. The van der Waals surface area contributed by atoms with E-state index in [2.05, 4.69) is 21.3 Å². The first kappa shape index (κ1) is 75.5. The van der Waals surface area contributed by atoms with Crippen LogP contribution < -0.4 is 31.7 Å². The van der Waals surface area contributed by atoms with Crippen LogP contribution in [0.4, 0.5) is 17.6 Å². The Morgan fingerprint density at radius 3 is 1.29 bits per heavy atom. The molecule has 516 valence electrons. The number of nitrogens with one attached hydrogen (secondary N) is 4. The van der Waals surface area contributed by atoms with E-state index in [1.807, 2.05) is 88.4 Å². The highest BCUT2D eigenvalue weighted by Crippen LogP contribution is 2.21. The van der Waals surface area contributed by atoms with Crippen molar-refractivity contribution in [1.29, 1.82) is 0 Å². The van der Waals surface area contributed by atoms with Gasteiger partial charge in [0.2, 0.25) is 0 Å². The number of halogens is 4. The number of nitrogens with two attached hydrogens (primary N) is 1. The lowest BCUT2D eigenvalue weighted by atomic mass is 9.99. The molecule has 20 heteroatoms. The molecule has 0 heterocycles. The molecule has 0 aliphatic rings. The molecule has 0 spiro atoms. The largest absolute Gasteiger partial charge is 0.458 e. The summed E-state index contributed by atoms with van der Waals surface area (Å²) in [5.74, 6) is -5.49. The Labute approximate surface area is 570 Å². The van der Waals surface area contributed by atoms with Crippen molar-refractivity contribution in [3.05, 3.63) is 279 Å². The van der Waals surface area contributed by atoms with E-state index in [9.17, 15) is 51.4 Å². The normalized spacial score (nSPS) is 12.5. The third-order valence-corrected chi connectivity index (χ3v) is 15.8. The van der Waals surface area contributed by atoms with Gasteiger partial charge in [-0.05, 0) is 158 Å². The van der Waals surface area contributed by atoms with E-state index in [1.54, 1.807) is 101 Å². The third kappa shape index (κ3) is 24.3. The number of carbonyl (C=O) groups excluding carboxylic acids is 6. The van der Waals surface area contributed by atoms with Crippen LogP contribution in [-0.2, 0) is 41.9 Å². The fourth-order valence-corrected chi connectivity index (χ4v) is 11.0. The minimum Gasteiger partial charge on any atom is -0.458 e. The van der Waals surface area contributed by atoms with Gasteiger partial charge in [-0.25, -0.2) is 22.4 Å². The Morgan fingerprint density at radius 2 is 0.837 bits per heavy atom. The van der Waals surface area contributed by atoms with Gasteiger partial charge in [0.05, 0.1) is 23.8 Å². The molecule has 8 aromatic carbocycles. The van der Waals surface area contributed by atoms with Crippen molar-refractivity contribution in [2.75, 3.05) is 39.3 Å². The maximum absolute atomic E-state index is 14.5. The van der Waals surface area contributed by atoms with Crippen molar-refractivity contribution in [2.45, 2.75) is 116 Å². The van der Waals surface area contributed by atoms with Crippen LogP contribution in [0.15, 0.2) is 200 Å². The van der Waals surface area contributed by atoms with Crippen molar-refractivity contribution < 1.29 is 60.9 Å². The molecule has 0 aliphatic heterocycles. The standard InChI is InChI=1S/C47H50F2N4O6.C31H37F2N3O3/c1-3-22-53(23-4-2)45(55)37-17-11-16-36(28-37)44(54)52-42(27-34-24-38(48)29-39(49)25-34)43(31-51-30-33-12-7-5-8-13-33)59-47(57)41(50)26-32-18-20-40(21-19-32)58-46(56)35-14-9-6-10-15-35;1-3-13-36(14-4-2)31(39)25-12-8-11-24(18-25)30(38)35-28(17-23-15-26(32)19-27(33)16-23)29(37)21-34-20-22-9-6-5-7-10-22/h5-21,24-25,28-29,41-43,51H,3-4,22-23,26-27,30-31,50H2,1-2H3,(H,52,54);5-12,15-16,18-19,28-29,34,37H,3-4,13-14,17,20-21H2,1-2H3,(H,35,38)/t;28-,29+/m.0/s1. The van der Waals surface area contributed by atoms with Gasteiger partial charge in [-0.1, -0.05) is 131 Å². The third-order valence-electron chi connectivity index (χ3n) is 15.8. The van der Waals surface area contributed by atoms with Gasteiger partial charge >= 0.3 is 11.9 Å². The van der Waals surface area contributed by atoms with Crippen molar-refractivity contribution in [3.8, 4) is 5.75 Å². The summed E-state index contributed by atoms with van der Waals surface area (Å²) in [5.41, 5.74) is 11.1. The summed E-state index contributed by atoms with van der Waals surface area (Å²) in [4.78, 5) is 83.5. The molecule has 8 aromatic rings. The molecule has 4 amide bonds. The molecule has 0 fully saturated rings. The van der Waals surface area contributed by atoms with Crippen LogP contribution in [0.3, 0.4) is 0 Å². The molecule has 98 heavy (non-hydrogen) atoms. The highest BCUT2D eigenvalue weighted by Gasteiger charge is 2.31. The fraction of sp³-hybridized carbons (Fsp3) is 0.308. The summed E-state index contributed by atoms with van der Waals surface area (Å²) < 4.78 is 68.2. The van der Waals surface area contributed by atoms with Crippen LogP contribution >= 0.6 is 0 Å². The SMILES string of the molecule is CCCN(CCC)C(=O)c1cccc(C(=O)NC(Cc2cc(F)cc(F)c2)C(CNCc2ccccc2)OC(=O)C(N)Cc2ccc(OC(=O)c3ccccc3)cc2)c1.CCCN(CCC)C(=O)c1cccc(C(=O)N[C@@H](Cc2cc(F)cc(F)c2)[C@H](O)CNCc2ccccc2)c1. The lowest BCUT2D eigenvalue weighted by Gasteiger charge is -2.30. The summed E-state index contributed by atoms with van der Waals surface area (Å²) in [7, 11) is 0. The van der Waals surface area contributed by atoms with Crippen LogP contribution in [0.5, 0.6) is 5.75 Å². The number of aliphatic hydroxyl groups is 1. The number of esters is 2. The van der Waals surface area contributed by atoms with Gasteiger partial charge in [0.25, 0.3) is 23.6 Å². The average Bonchev–Trinajstić information content (AvgIpc) is 0.873. The second kappa shape index (κ2) is 39.4. The number of hydrogen-bond donors (Lipinski definition) is 6. The van der Waals surface area contributed by atoms with Gasteiger partial charge in [-0.3, -0.25) is 24.0 Å². The molecular weight excluding hydrogens is 1250 g/mol. The van der Waals surface area contributed by atoms with E-state index in [-0.39, 0.29) is 60.9 Å². The first-order valence-electron chi connectivity index (χ1n) is 33.1. The van der Waals surface area contributed by atoms with Gasteiger partial charge in [-0.15, -0.1) is 0 Å². The fourth-order valence-electron chi connectivity index (χ4n) is 11.0. The van der Waals surface area contributed by atoms with E-state index >= 15 is 0 Å². The summed E-state index contributed by atoms with van der Waals surface area (Å²) in [6.45, 7) is 11.4. The van der Waals surface area contributed by atoms with Gasteiger partial charge in [0.15, 0.2) is 0 Å². The van der Waals surface area contributed by atoms with Crippen LogP contribution in [-0.4, -0.2) is 120 Å². The van der Waals surface area contributed by atoms with E-state index in [4.69, 9.17) is 15.2 Å². The molecule has 0 aliphatic carbocycles. The summed E-state index contributed by atoms with van der Waals surface area (Å²) in [5, 5.41) is 23.2. The zero-order chi connectivity index (χ0) is 70.3. The minimum absolute atomic E-state index is 0.00794. The van der Waals surface area contributed by atoms with Gasteiger partial charge in [0.1, 0.15) is 41.2 Å². The zero-order valence-corrected chi connectivity index (χ0v) is 55.7. The second-order valence-electron chi connectivity index (χ2n) is 23.9. The monoisotopic (exact) mass is 1340 g/mol. The van der Waals surface area contributed by atoms with E-state index in [0.717, 1.165) is 61.1 Å². The van der Waals surface area contributed by atoms with Gasteiger partial charge in [-0.2, -0.15) is 0 Å². The molecule has 16 nitrogen and oxygen atoms in total. The van der Waals surface area contributed by atoms with E-state index in [1.165, 1.54) is 24.3 Å². The first-order chi connectivity index (χ1) is 47.3. The summed E-state index contributed by atoms with van der Waals surface area (Å²) >= 11 is 0. The highest BCUT2D eigenvalue weighted by molar-refractivity contribution is 6.01. The Morgan fingerprint density at radius 1 is 0.439 bits per heavy atom. The highest BCUT2D eigenvalue weighted by atomic mass is 19.1. The number of benzene rings is 8. The number of nitrogens with zero attached hydrogens (tertiary/aromatic N) is 2. The van der Waals surface area contributed by atoms with E-state index < -0.39 is 77.4 Å². The molecule has 0 radical (unpaired) electrons. The Bertz CT molecular complexity index is 3800. The van der Waals surface area contributed by atoms with Crippen LogP contribution in [0.25, 0.3) is 0 Å². The zero-order valence-electron chi connectivity index (χ0n) is 55.7. The Balaban J connectivity index is 0.000000300. The number of carbonyl (C=O) groups is 6. The predicted molar refractivity (Wildman–Crippen MR) is 370 cm³/mol. The molecule has 0 aromatic heterocycles. The average molecular weight is 1340 g/mol. The smallest absolute Gasteiger partial charge is 0.343 e. The number of ether oxygens (including phenoxy) is 2. The lowest BCUT2D eigenvalue weighted by Crippen LogP contribution is -2.52. The van der Waals surface area contributed by atoms with Gasteiger partial charge in [0, 0.05) is 86.7 Å². The summed E-state index contributed by atoms with van der Waals surface area (Å²) in [6.07, 6.45) is 1.01. The van der Waals surface area contributed by atoms with Crippen molar-refractivity contribution >= 4 is 35.6 Å². The van der Waals surface area contributed by atoms with Crippen molar-refractivity contribution in [1.82, 2.24) is 31.1 Å². The van der Waals surface area contributed by atoms with Crippen molar-refractivity contribution in [3.63, 3.8) is 0 Å².